The molecule has 0 aromatic heterocycles. The number of unbranched alkanes of at least 4 members (excludes halogenated alkanes) is 1. The van der Waals surface area contributed by atoms with Gasteiger partial charge in [0.15, 0.2) is 0 Å². The van der Waals surface area contributed by atoms with Crippen molar-refractivity contribution < 1.29 is 43.2 Å². The van der Waals surface area contributed by atoms with Gasteiger partial charge in [0, 0.05) is 6.08 Å². The van der Waals surface area contributed by atoms with Crippen molar-refractivity contribution in [3.05, 3.63) is 103 Å². The zero-order chi connectivity index (χ0) is 29.5. The van der Waals surface area contributed by atoms with E-state index in [0.717, 1.165) is 29.4 Å². The number of hydrogen-bond donors (Lipinski definition) is 1. The molecule has 0 fully saturated rings. The molecule has 0 saturated heterocycles. The summed E-state index contributed by atoms with van der Waals surface area (Å²) in [5.74, 6) is 0.0239. The molecule has 0 spiro atoms. The Morgan fingerprint density at radius 3 is 1.80 bits per heavy atom. The van der Waals surface area contributed by atoms with Crippen molar-refractivity contribution in [3.8, 4) is 28.4 Å². The van der Waals surface area contributed by atoms with Crippen LogP contribution < -0.4 is 14.2 Å². The normalized spacial score (nSPS) is 10.3. The largest absolute Gasteiger partial charge is 0.494 e. The van der Waals surface area contributed by atoms with Crippen molar-refractivity contribution in [1.29, 1.82) is 0 Å². The first-order valence-corrected chi connectivity index (χ1v) is 12.9. The molecule has 0 amide bonds. The van der Waals surface area contributed by atoms with Crippen molar-refractivity contribution >= 4 is 17.9 Å². The Bertz CT molecular complexity index is 1310. The third-order valence-corrected chi connectivity index (χ3v) is 5.63. The highest BCUT2D eigenvalue weighted by Crippen LogP contribution is 2.25. The third-order valence-electron chi connectivity index (χ3n) is 5.63. The molecule has 41 heavy (non-hydrogen) atoms. The van der Waals surface area contributed by atoms with E-state index in [4.69, 9.17) is 28.8 Å². The monoisotopic (exact) mass is 560 g/mol. The highest BCUT2D eigenvalue weighted by Gasteiger charge is 2.10. The highest BCUT2D eigenvalue weighted by atomic mass is 16.6. The van der Waals surface area contributed by atoms with Crippen LogP contribution in [0.3, 0.4) is 0 Å². The van der Waals surface area contributed by atoms with Crippen LogP contribution in [-0.4, -0.2) is 56.0 Å². The second kappa shape index (κ2) is 16.3. The molecule has 3 rings (SSSR count). The van der Waals surface area contributed by atoms with Crippen molar-refractivity contribution in [1.82, 2.24) is 0 Å². The molecule has 1 N–H and O–H groups in total. The van der Waals surface area contributed by atoms with Gasteiger partial charge >= 0.3 is 17.9 Å². The maximum atomic E-state index is 12.5. The zero-order valence-electron chi connectivity index (χ0n) is 22.6. The van der Waals surface area contributed by atoms with Gasteiger partial charge in [-0.05, 0) is 72.5 Å². The van der Waals surface area contributed by atoms with Gasteiger partial charge < -0.3 is 28.8 Å². The summed E-state index contributed by atoms with van der Waals surface area (Å²) in [7, 11) is 0. The third kappa shape index (κ3) is 10.3. The van der Waals surface area contributed by atoms with Crippen molar-refractivity contribution in [2.24, 2.45) is 0 Å². The Balaban J connectivity index is 1.41. The molecule has 0 unspecified atom stereocenters. The Hall–Kier alpha value is -4.89. The minimum Gasteiger partial charge on any atom is -0.494 e. The Labute approximate surface area is 238 Å². The van der Waals surface area contributed by atoms with Crippen LogP contribution >= 0.6 is 0 Å². The van der Waals surface area contributed by atoms with Crippen molar-refractivity contribution in [2.45, 2.75) is 12.8 Å². The van der Waals surface area contributed by atoms with Gasteiger partial charge in [-0.2, -0.15) is 0 Å². The van der Waals surface area contributed by atoms with Gasteiger partial charge in [0.05, 0.1) is 31.0 Å². The van der Waals surface area contributed by atoms with Crippen molar-refractivity contribution in [2.75, 3.05) is 33.0 Å². The number of ether oxygens (including phenoxy) is 5. The first kappa shape index (κ1) is 30.6. The molecular weight excluding hydrogens is 528 g/mol. The van der Waals surface area contributed by atoms with Crippen LogP contribution in [0, 0.1) is 0 Å². The quantitative estimate of drug-likeness (QED) is 0.113. The predicted molar refractivity (Wildman–Crippen MR) is 152 cm³/mol. The molecule has 0 aliphatic carbocycles. The molecule has 9 nitrogen and oxygen atoms in total. The van der Waals surface area contributed by atoms with E-state index in [0.29, 0.717) is 36.7 Å². The Morgan fingerprint density at radius 2 is 1.22 bits per heavy atom. The predicted octanol–water partition coefficient (Wildman–Crippen LogP) is 4.93. The van der Waals surface area contributed by atoms with Gasteiger partial charge in [0.2, 0.25) is 0 Å². The van der Waals surface area contributed by atoms with Gasteiger partial charge in [0.25, 0.3) is 0 Å². The molecular formula is C32H32O9. The number of benzene rings is 3. The first-order valence-electron chi connectivity index (χ1n) is 12.9. The van der Waals surface area contributed by atoms with Gasteiger partial charge in [-0.3, -0.25) is 0 Å². The molecule has 0 radical (unpaired) electrons. The number of rotatable bonds is 16. The maximum absolute atomic E-state index is 12.5. The number of carbonyl (C=O) groups excluding carboxylic acids is 3. The topological polar surface area (TPSA) is 118 Å². The van der Waals surface area contributed by atoms with Crippen LogP contribution in [0.5, 0.6) is 17.2 Å². The number of esters is 3. The average molecular weight is 561 g/mol. The summed E-state index contributed by atoms with van der Waals surface area (Å²) >= 11 is 0. The number of hydrogen-bond acceptors (Lipinski definition) is 9. The van der Waals surface area contributed by atoms with E-state index in [1.165, 1.54) is 0 Å². The van der Waals surface area contributed by atoms with Crippen LogP contribution in [-0.2, 0) is 19.1 Å². The minimum absolute atomic E-state index is 0.00640. The van der Waals surface area contributed by atoms with Crippen LogP contribution in [0.2, 0.25) is 0 Å². The standard InChI is InChI=1S/C32H32O9/c1-3-30(34)39-19-5-4-18-37-27-12-6-24(7-13-27)25-8-16-29(17-9-25)41-32(36)26-10-14-28(15-11-26)38-20-21-40-31(35)23(2)22-33/h3,6-17,33H,1-2,4-5,18-22H2. The Kier molecular flexibility index (Phi) is 12.2. The van der Waals surface area contributed by atoms with Crippen LogP contribution in [0.4, 0.5) is 0 Å². The molecule has 0 bridgehead atoms. The summed E-state index contributed by atoms with van der Waals surface area (Å²) in [5.41, 5.74) is 2.25. The van der Waals surface area contributed by atoms with Gasteiger partial charge in [-0.1, -0.05) is 37.4 Å². The molecule has 3 aromatic rings. The van der Waals surface area contributed by atoms with Gasteiger partial charge in [-0.15, -0.1) is 0 Å². The van der Waals surface area contributed by atoms with E-state index in [-0.39, 0.29) is 18.8 Å². The first-order chi connectivity index (χ1) is 19.9. The summed E-state index contributed by atoms with van der Waals surface area (Å²) in [6.07, 6.45) is 2.61. The molecule has 0 aliphatic heterocycles. The second-order valence-electron chi connectivity index (χ2n) is 8.64. The number of carbonyl (C=O) groups is 3. The molecule has 0 aliphatic rings. The van der Waals surface area contributed by atoms with Crippen LogP contribution in [0.15, 0.2) is 97.6 Å². The van der Waals surface area contributed by atoms with E-state index in [1.807, 2.05) is 36.4 Å². The summed E-state index contributed by atoms with van der Waals surface area (Å²) in [6, 6.07) is 21.2. The second-order valence-corrected chi connectivity index (χ2v) is 8.64. The number of aliphatic hydroxyl groups excluding tert-OH is 1. The van der Waals surface area contributed by atoms with Crippen molar-refractivity contribution in [3.63, 3.8) is 0 Å². The summed E-state index contributed by atoms with van der Waals surface area (Å²) < 4.78 is 26.5. The van der Waals surface area contributed by atoms with Gasteiger partial charge in [0.1, 0.15) is 30.5 Å². The average Bonchev–Trinajstić information content (AvgIpc) is 3.01. The fourth-order valence-corrected chi connectivity index (χ4v) is 3.40. The summed E-state index contributed by atoms with van der Waals surface area (Å²) in [5, 5.41) is 8.84. The highest BCUT2D eigenvalue weighted by molar-refractivity contribution is 5.91. The summed E-state index contributed by atoms with van der Waals surface area (Å²) in [4.78, 5) is 35.0. The lowest BCUT2D eigenvalue weighted by molar-refractivity contribution is -0.140. The fraction of sp³-hybridized carbons (Fsp3) is 0.219. The molecule has 3 aromatic carbocycles. The SMILES string of the molecule is C=CC(=O)OCCCCOc1ccc(-c2ccc(OC(=O)c3ccc(OCCOC(=O)C(=C)CO)cc3)cc2)cc1. The molecule has 0 heterocycles. The van der Waals surface area contributed by atoms with E-state index in [2.05, 4.69) is 13.2 Å². The smallest absolute Gasteiger partial charge is 0.343 e. The molecule has 214 valence electrons. The summed E-state index contributed by atoms with van der Waals surface area (Å²) in [6.45, 7) is 7.22. The number of aliphatic hydroxyl groups is 1. The lowest BCUT2D eigenvalue weighted by Gasteiger charge is -2.09. The zero-order valence-corrected chi connectivity index (χ0v) is 22.6. The van der Waals surface area contributed by atoms with E-state index >= 15 is 0 Å². The minimum atomic E-state index is -0.680. The fourth-order valence-electron chi connectivity index (χ4n) is 3.40. The van der Waals surface area contributed by atoms with E-state index < -0.39 is 24.5 Å². The Morgan fingerprint density at radius 1 is 0.683 bits per heavy atom. The van der Waals surface area contributed by atoms with E-state index in [1.54, 1.807) is 36.4 Å². The molecule has 0 saturated carbocycles. The van der Waals surface area contributed by atoms with E-state index in [9.17, 15) is 14.4 Å². The van der Waals surface area contributed by atoms with Crippen LogP contribution in [0.25, 0.3) is 11.1 Å². The molecule has 0 atom stereocenters. The lowest BCUT2D eigenvalue weighted by Crippen LogP contribution is -2.15. The van der Waals surface area contributed by atoms with Crippen LogP contribution in [0.1, 0.15) is 23.2 Å². The maximum Gasteiger partial charge on any atom is 0.343 e. The lowest BCUT2D eigenvalue weighted by atomic mass is 10.1. The van der Waals surface area contributed by atoms with Gasteiger partial charge in [-0.25, -0.2) is 14.4 Å². The molecule has 9 heteroatoms.